The average molecular weight is 474 g/mol. The Morgan fingerprint density at radius 2 is 1.79 bits per heavy atom. The lowest BCUT2D eigenvalue weighted by Crippen LogP contribution is -2.51. The van der Waals surface area contributed by atoms with E-state index in [1.54, 1.807) is 30.3 Å². The first kappa shape index (κ1) is 20.7. The fourth-order valence-electron chi connectivity index (χ4n) is 2.50. The molecule has 29 heavy (non-hydrogen) atoms. The van der Waals surface area contributed by atoms with E-state index in [0.717, 1.165) is 5.56 Å². The van der Waals surface area contributed by atoms with E-state index in [9.17, 15) is 14.4 Å². The van der Waals surface area contributed by atoms with E-state index in [1.165, 1.54) is 6.08 Å². The average Bonchev–Trinajstić information content (AvgIpc) is 2.66. The van der Waals surface area contributed by atoms with E-state index in [4.69, 9.17) is 17.0 Å². The fourth-order valence-corrected chi connectivity index (χ4v) is 3.07. The molecule has 1 aliphatic heterocycles. The first-order valence-electron chi connectivity index (χ1n) is 8.49. The van der Waals surface area contributed by atoms with Crippen LogP contribution in [0.5, 0.6) is 5.75 Å². The van der Waals surface area contributed by atoms with Crippen molar-refractivity contribution in [3.8, 4) is 5.75 Å². The molecule has 9 heteroatoms. The molecule has 2 aromatic rings. The van der Waals surface area contributed by atoms with Gasteiger partial charge in [0.25, 0.3) is 17.7 Å². The van der Waals surface area contributed by atoms with Gasteiger partial charge in [-0.25, -0.2) is 0 Å². The van der Waals surface area contributed by atoms with Gasteiger partial charge in [-0.2, -0.15) is 0 Å². The van der Waals surface area contributed by atoms with Gasteiger partial charge in [0.05, 0.1) is 0 Å². The molecule has 0 saturated carbocycles. The van der Waals surface area contributed by atoms with Gasteiger partial charge >= 0.3 is 0 Å². The summed E-state index contributed by atoms with van der Waals surface area (Å²) >= 11 is 8.13. The van der Waals surface area contributed by atoms with Gasteiger partial charge in [0, 0.05) is 15.7 Å². The molecule has 0 unspecified atom stereocenters. The fraction of sp³-hybridized carbons (Fsp3) is 0.100. The van der Waals surface area contributed by atoms with Crippen LogP contribution in [0.1, 0.15) is 11.1 Å². The van der Waals surface area contributed by atoms with Crippen molar-refractivity contribution in [3.63, 3.8) is 0 Å². The van der Waals surface area contributed by atoms with Crippen LogP contribution in [0, 0.1) is 6.92 Å². The number of amides is 3. The molecule has 0 radical (unpaired) electrons. The highest BCUT2D eigenvalue weighted by molar-refractivity contribution is 9.10. The first-order valence-corrected chi connectivity index (χ1v) is 9.69. The SMILES string of the molecule is Cc1ccc(NC(=O)COc2ccc(Br)cc2C=C2C(=O)NC(=S)NC2=O)cc1. The van der Waals surface area contributed by atoms with Crippen molar-refractivity contribution in [1.29, 1.82) is 0 Å². The van der Waals surface area contributed by atoms with E-state index in [2.05, 4.69) is 31.9 Å². The minimum atomic E-state index is -0.609. The molecule has 148 valence electrons. The lowest BCUT2D eigenvalue weighted by atomic mass is 10.1. The van der Waals surface area contributed by atoms with Gasteiger partial charge in [-0.3, -0.25) is 25.0 Å². The van der Waals surface area contributed by atoms with Crippen LogP contribution in [-0.2, 0) is 14.4 Å². The van der Waals surface area contributed by atoms with Crippen LogP contribution >= 0.6 is 28.1 Å². The van der Waals surface area contributed by atoms with Crippen LogP contribution in [0.4, 0.5) is 5.69 Å². The highest BCUT2D eigenvalue weighted by Crippen LogP contribution is 2.26. The summed E-state index contributed by atoms with van der Waals surface area (Å²) in [6.07, 6.45) is 1.38. The summed E-state index contributed by atoms with van der Waals surface area (Å²) in [5, 5.41) is 7.44. The van der Waals surface area contributed by atoms with Crippen molar-refractivity contribution in [2.45, 2.75) is 6.92 Å². The molecule has 0 spiro atoms. The quantitative estimate of drug-likeness (QED) is 0.352. The molecule has 1 heterocycles. The molecule has 1 fully saturated rings. The maximum absolute atomic E-state index is 12.2. The number of thiocarbonyl (C=S) groups is 1. The predicted molar refractivity (Wildman–Crippen MR) is 116 cm³/mol. The zero-order valence-corrected chi connectivity index (χ0v) is 17.6. The normalized spacial score (nSPS) is 13.4. The van der Waals surface area contributed by atoms with Gasteiger partial charge in [0.15, 0.2) is 11.7 Å². The molecule has 0 aromatic heterocycles. The van der Waals surface area contributed by atoms with Crippen molar-refractivity contribution in [2.75, 3.05) is 11.9 Å². The molecular formula is C20H16BrN3O4S. The van der Waals surface area contributed by atoms with Gasteiger partial charge in [-0.15, -0.1) is 0 Å². The molecule has 3 amide bonds. The molecule has 3 rings (SSSR count). The number of benzene rings is 2. The third kappa shape index (κ3) is 5.49. The Morgan fingerprint density at radius 1 is 1.14 bits per heavy atom. The Morgan fingerprint density at radius 3 is 2.45 bits per heavy atom. The molecule has 0 bridgehead atoms. The van der Waals surface area contributed by atoms with Gasteiger partial charge in [0.1, 0.15) is 11.3 Å². The third-order valence-corrected chi connectivity index (χ3v) is 4.61. The van der Waals surface area contributed by atoms with Crippen molar-refractivity contribution < 1.29 is 19.1 Å². The summed E-state index contributed by atoms with van der Waals surface area (Å²) in [4.78, 5) is 36.3. The highest BCUT2D eigenvalue weighted by atomic mass is 79.9. The van der Waals surface area contributed by atoms with Crippen molar-refractivity contribution in [2.24, 2.45) is 0 Å². The largest absolute Gasteiger partial charge is 0.483 e. The summed E-state index contributed by atoms with van der Waals surface area (Å²) in [6, 6.07) is 12.4. The minimum Gasteiger partial charge on any atom is -0.483 e. The van der Waals surface area contributed by atoms with Crippen LogP contribution in [0.2, 0.25) is 0 Å². The zero-order valence-electron chi connectivity index (χ0n) is 15.2. The molecule has 2 aromatic carbocycles. The summed E-state index contributed by atoms with van der Waals surface area (Å²) < 4.78 is 6.33. The number of hydrogen-bond donors (Lipinski definition) is 3. The maximum Gasteiger partial charge on any atom is 0.263 e. The predicted octanol–water partition coefficient (Wildman–Crippen LogP) is 2.69. The summed E-state index contributed by atoms with van der Waals surface area (Å²) in [7, 11) is 0. The minimum absolute atomic E-state index is 0.0457. The van der Waals surface area contributed by atoms with Crippen LogP contribution in [0.15, 0.2) is 52.5 Å². The molecule has 7 nitrogen and oxygen atoms in total. The number of rotatable bonds is 5. The summed E-state index contributed by atoms with van der Waals surface area (Å²) in [5.74, 6) is -1.22. The number of hydrogen-bond acceptors (Lipinski definition) is 5. The van der Waals surface area contributed by atoms with Crippen LogP contribution in [0.25, 0.3) is 6.08 Å². The van der Waals surface area contributed by atoms with E-state index in [-0.39, 0.29) is 23.2 Å². The van der Waals surface area contributed by atoms with E-state index in [1.807, 2.05) is 19.1 Å². The maximum atomic E-state index is 12.2. The summed E-state index contributed by atoms with van der Waals surface area (Å²) in [5.41, 5.74) is 2.08. The van der Waals surface area contributed by atoms with Crippen molar-refractivity contribution in [3.05, 3.63) is 63.6 Å². The van der Waals surface area contributed by atoms with Gasteiger partial charge < -0.3 is 10.1 Å². The smallest absolute Gasteiger partial charge is 0.263 e. The lowest BCUT2D eigenvalue weighted by Gasteiger charge is -2.17. The second kappa shape index (κ2) is 8.97. The number of carbonyl (C=O) groups is 3. The highest BCUT2D eigenvalue weighted by Gasteiger charge is 2.26. The third-order valence-electron chi connectivity index (χ3n) is 3.91. The molecule has 0 aliphatic carbocycles. The topological polar surface area (TPSA) is 96.5 Å². The first-order chi connectivity index (χ1) is 13.8. The Hall–Kier alpha value is -3.04. The number of nitrogens with one attached hydrogen (secondary N) is 3. The standard InChI is InChI=1S/C20H16BrN3O4S/c1-11-2-5-14(6-3-11)22-17(25)10-28-16-7-4-13(21)8-12(16)9-15-18(26)23-20(29)24-19(15)27/h2-9H,10H2,1H3,(H,22,25)(H2,23,24,26,27,29). The molecule has 0 atom stereocenters. The van der Waals surface area contributed by atoms with Gasteiger partial charge in [-0.1, -0.05) is 33.6 Å². The number of ether oxygens (including phenoxy) is 1. The van der Waals surface area contributed by atoms with Crippen molar-refractivity contribution >= 4 is 62.7 Å². The van der Waals surface area contributed by atoms with Crippen LogP contribution in [-0.4, -0.2) is 29.4 Å². The van der Waals surface area contributed by atoms with Crippen LogP contribution in [0.3, 0.4) is 0 Å². The van der Waals surface area contributed by atoms with Crippen molar-refractivity contribution in [1.82, 2.24) is 10.6 Å². The van der Waals surface area contributed by atoms with Gasteiger partial charge in [0.2, 0.25) is 0 Å². The second-order valence-electron chi connectivity index (χ2n) is 6.18. The van der Waals surface area contributed by atoms with E-state index < -0.39 is 11.8 Å². The lowest BCUT2D eigenvalue weighted by molar-refractivity contribution is -0.123. The number of anilines is 1. The second-order valence-corrected chi connectivity index (χ2v) is 7.50. The molecule has 1 aliphatic rings. The Labute approximate surface area is 180 Å². The Kier molecular flexibility index (Phi) is 6.40. The number of halogens is 1. The number of carbonyl (C=O) groups excluding carboxylic acids is 3. The Bertz CT molecular complexity index is 1010. The van der Waals surface area contributed by atoms with E-state index in [0.29, 0.717) is 21.5 Å². The molecule has 1 saturated heterocycles. The zero-order chi connectivity index (χ0) is 21.0. The molecule has 3 N–H and O–H groups in total. The Balaban J connectivity index is 1.75. The van der Waals surface area contributed by atoms with Gasteiger partial charge in [-0.05, 0) is 55.5 Å². The monoisotopic (exact) mass is 473 g/mol. The molecular weight excluding hydrogens is 458 g/mol. The van der Waals surface area contributed by atoms with E-state index >= 15 is 0 Å². The van der Waals surface area contributed by atoms with Crippen LogP contribution < -0.4 is 20.7 Å². The summed E-state index contributed by atoms with van der Waals surface area (Å²) in [6.45, 7) is 1.72. The number of aryl methyl sites for hydroxylation is 1.